The summed E-state index contributed by atoms with van der Waals surface area (Å²) in [5.41, 5.74) is 1.80. The molecule has 0 radical (unpaired) electrons. The minimum Gasteiger partial charge on any atom is -0.295 e. The number of nitrogens with zero attached hydrogens (tertiary/aromatic N) is 2. The molecule has 21 heavy (non-hydrogen) atoms. The number of fused-ring (bicyclic) bond motifs is 1. The molecule has 0 fully saturated rings. The summed E-state index contributed by atoms with van der Waals surface area (Å²) in [5.74, 6) is 0.233. The number of rotatable bonds is 3. The summed E-state index contributed by atoms with van der Waals surface area (Å²) >= 11 is 11.9. The highest BCUT2D eigenvalue weighted by Gasteiger charge is 2.15. The van der Waals surface area contributed by atoms with Gasteiger partial charge in [-0.05, 0) is 30.3 Å². The van der Waals surface area contributed by atoms with Gasteiger partial charge in [-0.1, -0.05) is 11.6 Å². The Labute approximate surface area is 129 Å². The van der Waals surface area contributed by atoms with Gasteiger partial charge in [-0.3, -0.25) is 4.57 Å². The first-order valence-corrected chi connectivity index (χ1v) is 7.19. The third-order valence-electron chi connectivity index (χ3n) is 3.15. The van der Waals surface area contributed by atoms with Crippen molar-refractivity contribution in [3.05, 3.63) is 58.9 Å². The molecule has 0 bridgehead atoms. The Morgan fingerprint density at radius 1 is 1.05 bits per heavy atom. The van der Waals surface area contributed by atoms with Gasteiger partial charge in [0.15, 0.2) is 0 Å². The zero-order valence-corrected chi connectivity index (χ0v) is 12.3. The van der Waals surface area contributed by atoms with Gasteiger partial charge in [0.1, 0.15) is 17.5 Å². The molecule has 0 amide bonds. The molecule has 0 atom stereocenters. The molecule has 0 unspecified atom stereocenters. The van der Waals surface area contributed by atoms with Crippen LogP contribution in [-0.2, 0) is 6.42 Å². The van der Waals surface area contributed by atoms with Gasteiger partial charge < -0.3 is 0 Å². The second kappa shape index (κ2) is 5.62. The van der Waals surface area contributed by atoms with E-state index < -0.39 is 5.82 Å². The summed E-state index contributed by atoms with van der Waals surface area (Å²) in [6.07, 6.45) is 0.492. The molecule has 0 N–H and O–H groups in total. The average Bonchev–Trinajstić information content (AvgIpc) is 2.76. The van der Waals surface area contributed by atoms with Crippen LogP contribution >= 0.6 is 23.2 Å². The Hall–Kier alpha value is -1.65. The van der Waals surface area contributed by atoms with Crippen molar-refractivity contribution >= 4 is 34.2 Å². The fourth-order valence-electron chi connectivity index (χ4n) is 2.29. The lowest BCUT2D eigenvalue weighted by Crippen LogP contribution is -2.03. The van der Waals surface area contributed by atoms with Gasteiger partial charge in [0.2, 0.25) is 0 Å². The summed E-state index contributed by atoms with van der Waals surface area (Å²) in [7, 11) is 0. The summed E-state index contributed by atoms with van der Waals surface area (Å²) in [5, 5.41) is 0.259. The van der Waals surface area contributed by atoms with Crippen molar-refractivity contribution in [2.24, 2.45) is 0 Å². The van der Waals surface area contributed by atoms with E-state index in [0.29, 0.717) is 34.8 Å². The van der Waals surface area contributed by atoms with E-state index in [-0.39, 0.29) is 10.8 Å². The van der Waals surface area contributed by atoms with Gasteiger partial charge in [0.25, 0.3) is 0 Å². The summed E-state index contributed by atoms with van der Waals surface area (Å²) in [6.45, 7) is 0. The van der Waals surface area contributed by atoms with Crippen molar-refractivity contribution in [1.82, 2.24) is 9.55 Å². The molecular weight excluding hydrogens is 317 g/mol. The van der Waals surface area contributed by atoms with Crippen LogP contribution in [0.5, 0.6) is 0 Å². The molecule has 0 aliphatic rings. The SMILES string of the molecule is Fc1ccc(-n2c(CCCl)nc3cc(F)ccc32)c(Cl)c1. The van der Waals surface area contributed by atoms with Crippen molar-refractivity contribution in [2.45, 2.75) is 6.42 Å². The summed E-state index contributed by atoms with van der Waals surface area (Å²) in [6, 6.07) is 8.44. The molecule has 6 heteroatoms. The highest BCUT2D eigenvalue weighted by Crippen LogP contribution is 2.28. The van der Waals surface area contributed by atoms with Gasteiger partial charge >= 0.3 is 0 Å². The average molecular weight is 327 g/mol. The highest BCUT2D eigenvalue weighted by molar-refractivity contribution is 6.32. The molecule has 1 heterocycles. The smallest absolute Gasteiger partial charge is 0.125 e. The van der Waals surface area contributed by atoms with Gasteiger partial charge in [0, 0.05) is 18.4 Å². The number of hydrogen-bond donors (Lipinski definition) is 0. The number of halogens is 4. The van der Waals surface area contributed by atoms with Crippen LogP contribution in [0.15, 0.2) is 36.4 Å². The van der Waals surface area contributed by atoms with Gasteiger partial charge in [-0.15, -0.1) is 11.6 Å². The topological polar surface area (TPSA) is 17.8 Å². The molecule has 0 aliphatic carbocycles. The first-order valence-electron chi connectivity index (χ1n) is 6.28. The second-order valence-corrected chi connectivity index (χ2v) is 5.32. The van der Waals surface area contributed by atoms with E-state index >= 15 is 0 Å². The largest absolute Gasteiger partial charge is 0.295 e. The monoisotopic (exact) mass is 326 g/mol. The fourth-order valence-corrected chi connectivity index (χ4v) is 2.71. The molecule has 2 aromatic carbocycles. The lowest BCUT2D eigenvalue weighted by molar-refractivity contribution is 0.627. The number of benzene rings is 2. The molecular formula is C15H10Cl2F2N2. The van der Waals surface area contributed by atoms with E-state index in [0.717, 1.165) is 0 Å². The van der Waals surface area contributed by atoms with Crippen LogP contribution in [-0.4, -0.2) is 15.4 Å². The standard InChI is InChI=1S/C15H10Cl2F2N2/c16-6-5-15-20-12-8-10(19)2-4-14(12)21(15)13-3-1-9(18)7-11(13)17/h1-4,7-8H,5-6H2. The Balaban J connectivity index is 2.30. The predicted molar refractivity (Wildman–Crippen MR) is 80.4 cm³/mol. The fraction of sp³-hybridized carbons (Fsp3) is 0.133. The van der Waals surface area contributed by atoms with Crippen LogP contribution in [0.3, 0.4) is 0 Å². The van der Waals surface area contributed by atoms with Gasteiger partial charge in [-0.2, -0.15) is 0 Å². The minimum atomic E-state index is -0.418. The van der Waals surface area contributed by atoms with Crippen LogP contribution in [0.1, 0.15) is 5.82 Å². The van der Waals surface area contributed by atoms with Crippen molar-refractivity contribution < 1.29 is 8.78 Å². The second-order valence-electron chi connectivity index (χ2n) is 4.53. The molecule has 0 saturated heterocycles. The number of aryl methyl sites for hydroxylation is 1. The Morgan fingerprint density at radius 3 is 2.48 bits per heavy atom. The Kier molecular flexibility index (Phi) is 3.83. The van der Waals surface area contributed by atoms with E-state index in [9.17, 15) is 8.78 Å². The van der Waals surface area contributed by atoms with Crippen LogP contribution in [0.2, 0.25) is 5.02 Å². The quantitative estimate of drug-likeness (QED) is 0.636. The molecule has 3 aromatic rings. The minimum absolute atomic E-state index is 0.259. The van der Waals surface area contributed by atoms with Crippen LogP contribution < -0.4 is 0 Å². The Morgan fingerprint density at radius 2 is 1.76 bits per heavy atom. The van der Waals surface area contributed by atoms with Crippen molar-refractivity contribution in [3.63, 3.8) is 0 Å². The lowest BCUT2D eigenvalue weighted by atomic mass is 10.2. The summed E-state index contributed by atoms with van der Waals surface area (Å²) in [4.78, 5) is 4.39. The van der Waals surface area contributed by atoms with E-state index in [2.05, 4.69) is 4.98 Å². The third kappa shape index (κ3) is 2.61. The molecule has 0 saturated carbocycles. The molecule has 2 nitrogen and oxygen atoms in total. The molecule has 0 aliphatic heterocycles. The molecule has 3 rings (SSSR count). The number of alkyl halides is 1. The van der Waals surface area contributed by atoms with E-state index in [1.54, 1.807) is 16.7 Å². The van der Waals surface area contributed by atoms with Crippen LogP contribution in [0, 0.1) is 11.6 Å². The van der Waals surface area contributed by atoms with Crippen molar-refractivity contribution in [2.75, 3.05) is 5.88 Å². The van der Waals surface area contributed by atoms with E-state index in [1.807, 2.05) is 0 Å². The zero-order valence-electron chi connectivity index (χ0n) is 10.8. The van der Waals surface area contributed by atoms with E-state index in [1.165, 1.54) is 24.3 Å². The Bertz CT molecular complexity index is 815. The van der Waals surface area contributed by atoms with Crippen LogP contribution in [0.25, 0.3) is 16.7 Å². The van der Waals surface area contributed by atoms with Gasteiger partial charge in [0.05, 0.1) is 21.7 Å². The summed E-state index contributed by atoms with van der Waals surface area (Å²) < 4.78 is 28.3. The van der Waals surface area contributed by atoms with Gasteiger partial charge in [-0.25, -0.2) is 13.8 Å². The first kappa shape index (κ1) is 14.3. The maximum atomic E-state index is 13.3. The van der Waals surface area contributed by atoms with E-state index in [4.69, 9.17) is 23.2 Å². The maximum Gasteiger partial charge on any atom is 0.125 e. The normalized spacial score (nSPS) is 11.2. The molecule has 108 valence electrons. The predicted octanol–water partition coefficient (Wildman–Crippen LogP) is 4.74. The number of imidazole rings is 1. The molecule has 0 spiro atoms. The zero-order chi connectivity index (χ0) is 15.0. The molecule has 1 aromatic heterocycles. The number of aromatic nitrogens is 2. The van der Waals surface area contributed by atoms with Crippen LogP contribution in [0.4, 0.5) is 8.78 Å². The third-order valence-corrected chi connectivity index (χ3v) is 3.65. The maximum absolute atomic E-state index is 13.3. The van der Waals surface area contributed by atoms with Crippen molar-refractivity contribution in [1.29, 1.82) is 0 Å². The number of hydrogen-bond acceptors (Lipinski definition) is 1. The first-order chi connectivity index (χ1) is 10.1. The lowest BCUT2D eigenvalue weighted by Gasteiger charge is -2.10. The highest BCUT2D eigenvalue weighted by atomic mass is 35.5. The van der Waals surface area contributed by atoms with Crippen molar-refractivity contribution in [3.8, 4) is 5.69 Å².